The van der Waals surface area contributed by atoms with Crippen LogP contribution in [0.2, 0.25) is 0 Å². The number of hydrogen-bond acceptors (Lipinski definition) is 7. The average Bonchev–Trinajstić information content (AvgIpc) is 3.43. The monoisotopic (exact) mass is 624 g/mol. The number of nitrogens with zero attached hydrogens (tertiary/aromatic N) is 1. The van der Waals surface area contributed by atoms with Gasteiger partial charge in [0, 0.05) is 23.8 Å². The Morgan fingerprint density at radius 1 is 0.977 bits per heavy atom. The molecule has 1 aromatic heterocycles. The first-order valence-electron chi connectivity index (χ1n) is 14.4. The molecule has 3 unspecified atom stereocenters. The number of H-pyrrole nitrogens is 1. The van der Waals surface area contributed by atoms with Crippen molar-refractivity contribution in [1.82, 2.24) is 9.29 Å². The van der Waals surface area contributed by atoms with Crippen LogP contribution in [-0.2, 0) is 19.6 Å². The number of aliphatic hydroxyl groups excluding tert-OH is 1. The Kier molecular flexibility index (Phi) is 10.7. The SMILES string of the molecule is COc1cccc(OC(C)(C(OCCO)c2cc3ccccc3[nH]2)C(CC(=O)O)N(CC(C)C)S(=O)(=O)c2ccccc2)c1. The van der Waals surface area contributed by atoms with Gasteiger partial charge in [-0.05, 0) is 54.6 Å². The van der Waals surface area contributed by atoms with Crippen molar-refractivity contribution in [3.63, 3.8) is 0 Å². The molecule has 0 aliphatic carbocycles. The highest BCUT2D eigenvalue weighted by Crippen LogP contribution is 2.42. The molecule has 0 radical (unpaired) electrons. The number of aliphatic hydroxyl groups is 1. The second-order valence-corrected chi connectivity index (χ2v) is 13.0. The predicted octanol–water partition coefficient (Wildman–Crippen LogP) is 5.25. The topological polar surface area (TPSA) is 138 Å². The van der Waals surface area contributed by atoms with Gasteiger partial charge in [-0.3, -0.25) is 4.79 Å². The van der Waals surface area contributed by atoms with Crippen molar-refractivity contribution in [2.45, 2.75) is 49.8 Å². The van der Waals surface area contributed by atoms with Gasteiger partial charge in [0.1, 0.15) is 17.6 Å². The second kappa shape index (κ2) is 14.3. The summed E-state index contributed by atoms with van der Waals surface area (Å²) in [4.78, 5) is 16.0. The molecule has 11 heteroatoms. The molecular weight excluding hydrogens is 584 g/mol. The normalized spacial score (nSPS) is 14.8. The first-order valence-corrected chi connectivity index (χ1v) is 15.9. The van der Waals surface area contributed by atoms with Gasteiger partial charge in [-0.2, -0.15) is 4.31 Å². The Labute approximate surface area is 258 Å². The third-order valence-electron chi connectivity index (χ3n) is 7.38. The number of hydrogen-bond donors (Lipinski definition) is 3. The molecule has 3 atom stereocenters. The van der Waals surface area contributed by atoms with Gasteiger partial charge in [0.15, 0.2) is 5.60 Å². The van der Waals surface area contributed by atoms with E-state index in [0.29, 0.717) is 17.2 Å². The van der Waals surface area contributed by atoms with Gasteiger partial charge in [-0.15, -0.1) is 0 Å². The summed E-state index contributed by atoms with van der Waals surface area (Å²) in [6.07, 6.45) is -1.66. The number of aliphatic carboxylic acids is 1. The van der Waals surface area contributed by atoms with Gasteiger partial charge in [-0.25, -0.2) is 8.42 Å². The maximum Gasteiger partial charge on any atom is 0.305 e. The molecule has 1 heterocycles. The van der Waals surface area contributed by atoms with Crippen LogP contribution in [0.3, 0.4) is 0 Å². The summed E-state index contributed by atoms with van der Waals surface area (Å²) in [6, 6.07) is 22.9. The Morgan fingerprint density at radius 2 is 1.66 bits per heavy atom. The summed E-state index contributed by atoms with van der Waals surface area (Å²) < 4.78 is 48.4. The van der Waals surface area contributed by atoms with Crippen molar-refractivity contribution in [3.05, 3.63) is 90.6 Å². The third-order valence-corrected chi connectivity index (χ3v) is 9.27. The first kappa shape index (κ1) is 33.0. The van der Waals surface area contributed by atoms with E-state index in [1.54, 1.807) is 49.4 Å². The summed E-state index contributed by atoms with van der Waals surface area (Å²) >= 11 is 0. The summed E-state index contributed by atoms with van der Waals surface area (Å²) in [6.45, 7) is 4.94. The highest BCUT2D eigenvalue weighted by atomic mass is 32.2. The number of carboxylic acid groups (broad SMARTS) is 1. The van der Waals surface area contributed by atoms with E-state index in [1.807, 2.05) is 44.2 Å². The number of aromatic nitrogens is 1. The zero-order valence-electron chi connectivity index (χ0n) is 25.3. The number of ether oxygens (including phenoxy) is 3. The molecule has 3 N–H and O–H groups in total. The number of aromatic amines is 1. The van der Waals surface area contributed by atoms with Gasteiger partial charge < -0.3 is 29.4 Å². The standard InChI is InChI=1S/C33H40N2O8S/c1-23(2)22-35(44(39,40)27-14-6-5-7-15-27)30(21-31(37)38)33(3,43-26-13-10-12-25(20-26)41-4)32(42-18-17-36)29-19-24-11-8-9-16-28(24)34-29/h5-16,19-20,23,30,32,34,36H,17-18,21-22H2,1-4H3,(H,37,38). The number of benzene rings is 3. The number of para-hydroxylation sites is 1. The Bertz CT molecular complexity index is 1610. The van der Waals surface area contributed by atoms with E-state index >= 15 is 0 Å². The summed E-state index contributed by atoms with van der Waals surface area (Å²) in [7, 11) is -2.73. The van der Waals surface area contributed by atoms with Crippen molar-refractivity contribution in [2.75, 3.05) is 26.9 Å². The molecule has 3 aromatic carbocycles. The maximum absolute atomic E-state index is 14.4. The van der Waals surface area contributed by atoms with Crippen LogP contribution in [0.5, 0.6) is 11.5 Å². The highest BCUT2D eigenvalue weighted by molar-refractivity contribution is 7.89. The quantitative estimate of drug-likeness (QED) is 0.154. The molecule has 0 aliphatic rings. The summed E-state index contributed by atoms with van der Waals surface area (Å²) in [5.41, 5.74) is -0.339. The Hall–Kier alpha value is -3.90. The number of carbonyl (C=O) groups is 1. The second-order valence-electron chi connectivity index (χ2n) is 11.1. The molecule has 0 bridgehead atoms. The van der Waals surface area contributed by atoms with E-state index in [-0.39, 0.29) is 30.6 Å². The largest absolute Gasteiger partial charge is 0.497 e. The minimum atomic E-state index is -4.24. The van der Waals surface area contributed by atoms with E-state index < -0.39 is 40.2 Å². The molecule has 0 saturated carbocycles. The third kappa shape index (κ3) is 7.41. The maximum atomic E-state index is 14.4. The number of carboxylic acids is 1. The molecule has 0 saturated heterocycles. The van der Waals surface area contributed by atoms with Gasteiger partial charge in [0.05, 0.1) is 37.7 Å². The van der Waals surface area contributed by atoms with Gasteiger partial charge in [-0.1, -0.05) is 56.3 Å². The average molecular weight is 625 g/mol. The minimum Gasteiger partial charge on any atom is -0.497 e. The lowest BCUT2D eigenvalue weighted by Gasteiger charge is -2.46. The fourth-order valence-corrected chi connectivity index (χ4v) is 7.31. The van der Waals surface area contributed by atoms with Crippen molar-refractivity contribution < 1.29 is 37.6 Å². The molecule has 0 aliphatic heterocycles. The van der Waals surface area contributed by atoms with Crippen LogP contribution >= 0.6 is 0 Å². The zero-order valence-corrected chi connectivity index (χ0v) is 26.2. The lowest BCUT2D eigenvalue weighted by molar-refractivity contribution is -0.148. The fraction of sp³-hybridized carbons (Fsp3) is 0.364. The fourth-order valence-electron chi connectivity index (χ4n) is 5.42. The molecule has 0 amide bonds. The summed E-state index contributed by atoms with van der Waals surface area (Å²) in [5, 5.41) is 21.0. The molecular formula is C33H40N2O8S. The van der Waals surface area contributed by atoms with Gasteiger partial charge >= 0.3 is 5.97 Å². The van der Waals surface area contributed by atoms with Crippen LogP contribution in [0.1, 0.15) is 39.0 Å². The van der Waals surface area contributed by atoms with E-state index in [2.05, 4.69) is 4.98 Å². The van der Waals surface area contributed by atoms with Crippen molar-refractivity contribution in [3.8, 4) is 11.5 Å². The molecule has 44 heavy (non-hydrogen) atoms. The molecule has 4 rings (SSSR count). The lowest BCUT2D eigenvalue weighted by atomic mass is 9.85. The van der Waals surface area contributed by atoms with E-state index in [9.17, 15) is 23.4 Å². The van der Waals surface area contributed by atoms with Gasteiger partial charge in [0.25, 0.3) is 0 Å². The molecule has 236 valence electrons. The number of methoxy groups -OCH3 is 1. The van der Waals surface area contributed by atoms with Crippen LogP contribution in [0.15, 0.2) is 89.8 Å². The van der Waals surface area contributed by atoms with Crippen molar-refractivity contribution in [1.29, 1.82) is 0 Å². The van der Waals surface area contributed by atoms with Crippen molar-refractivity contribution >= 4 is 26.9 Å². The molecule has 0 fully saturated rings. The van der Waals surface area contributed by atoms with Crippen LogP contribution in [0.4, 0.5) is 0 Å². The van der Waals surface area contributed by atoms with E-state index in [4.69, 9.17) is 14.2 Å². The number of fused-ring (bicyclic) bond motifs is 1. The van der Waals surface area contributed by atoms with Crippen LogP contribution in [-0.4, -0.2) is 72.4 Å². The smallest absolute Gasteiger partial charge is 0.305 e. The Morgan fingerprint density at radius 3 is 2.30 bits per heavy atom. The van der Waals surface area contributed by atoms with Gasteiger partial charge in [0.2, 0.25) is 10.0 Å². The first-order chi connectivity index (χ1) is 21.0. The number of nitrogens with one attached hydrogen (secondary N) is 1. The van der Waals surface area contributed by atoms with Crippen LogP contribution < -0.4 is 9.47 Å². The number of rotatable bonds is 16. The molecule has 4 aromatic rings. The van der Waals surface area contributed by atoms with Crippen molar-refractivity contribution in [2.24, 2.45) is 5.92 Å². The van der Waals surface area contributed by atoms with Crippen LogP contribution in [0.25, 0.3) is 10.9 Å². The zero-order chi connectivity index (χ0) is 31.9. The van der Waals surface area contributed by atoms with E-state index in [1.165, 1.54) is 23.5 Å². The molecule has 0 spiro atoms. The predicted molar refractivity (Wildman–Crippen MR) is 167 cm³/mol. The summed E-state index contributed by atoms with van der Waals surface area (Å²) in [5.74, 6) is -0.577. The van der Waals surface area contributed by atoms with E-state index in [0.717, 1.165) is 10.9 Å². The minimum absolute atomic E-state index is 0.00561. The highest BCUT2D eigenvalue weighted by Gasteiger charge is 2.52. The molecule has 10 nitrogen and oxygen atoms in total. The lowest BCUT2D eigenvalue weighted by Crippen LogP contribution is -2.61. The number of sulfonamides is 1. The Balaban J connectivity index is 2.00. The van der Waals surface area contributed by atoms with Crippen LogP contribution in [0, 0.1) is 5.92 Å².